The molecule has 20 heavy (non-hydrogen) atoms. The van der Waals surface area contributed by atoms with Crippen LogP contribution in [0.2, 0.25) is 0 Å². The maximum atomic E-state index is 3.43. The Morgan fingerprint density at radius 2 is 2.00 bits per heavy atom. The van der Waals surface area contributed by atoms with Crippen molar-refractivity contribution in [3.05, 3.63) is 35.4 Å². The van der Waals surface area contributed by atoms with E-state index < -0.39 is 0 Å². The average molecular weight is 273 g/mol. The van der Waals surface area contributed by atoms with Gasteiger partial charge in [-0.15, -0.1) is 0 Å². The summed E-state index contributed by atoms with van der Waals surface area (Å²) in [5, 5.41) is 3.43. The van der Waals surface area contributed by atoms with Crippen LogP contribution in [0.5, 0.6) is 0 Å². The number of hydrogen-bond donors (Lipinski definition) is 1. The maximum absolute atomic E-state index is 3.43. The Morgan fingerprint density at radius 3 is 2.80 bits per heavy atom. The van der Waals surface area contributed by atoms with Crippen molar-refractivity contribution in [3.8, 4) is 0 Å². The molecule has 3 nitrogen and oxygen atoms in total. The maximum Gasteiger partial charge on any atom is 0.0233 e. The molecule has 3 heteroatoms. The highest BCUT2D eigenvalue weighted by Crippen LogP contribution is 2.20. The lowest BCUT2D eigenvalue weighted by molar-refractivity contribution is 0.202. The lowest BCUT2D eigenvalue weighted by Crippen LogP contribution is -2.45. The summed E-state index contributed by atoms with van der Waals surface area (Å²) in [5.74, 6) is 0.873. The quantitative estimate of drug-likeness (QED) is 0.901. The van der Waals surface area contributed by atoms with E-state index in [4.69, 9.17) is 0 Å². The lowest BCUT2D eigenvalue weighted by Gasteiger charge is -2.29. The molecule has 1 unspecified atom stereocenters. The zero-order chi connectivity index (χ0) is 13.8. The van der Waals surface area contributed by atoms with Gasteiger partial charge in [0.2, 0.25) is 0 Å². The summed E-state index contributed by atoms with van der Waals surface area (Å²) in [6.45, 7) is 11.9. The van der Waals surface area contributed by atoms with Gasteiger partial charge >= 0.3 is 0 Å². The predicted octanol–water partition coefficient (Wildman–Crippen LogP) is 1.72. The molecule has 1 N–H and O–H groups in total. The second-order valence-corrected chi connectivity index (χ2v) is 6.43. The first-order valence-electron chi connectivity index (χ1n) is 8.00. The fourth-order valence-electron chi connectivity index (χ4n) is 3.53. The number of benzene rings is 1. The summed E-state index contributed by atoms with van der Waals surface area (Å²) in [7, 11) is 0. The molecule has 0 spiro atoms. The van der Waals surface area contributed by atoms with Crippen molar-refractivity contribution in [3.63, 3.8) is 0 Å². The second-order valence-electron chi connectivity index (χ2n) is 6.43. The van der Waals surface area contributed by atoms with Crippen LogP contribution in [0, 0.1) is 12.8 Å². The number of nitrogens with one attached hydrogen (secondary N) is 1. The molecular weight excluding hydrogens is 246 g/mol. The molecule has 2 aliphatic heterocycles. The Balaban J connectivity index is 1.47. The van der Waals surface area contributed by atoms with E-state index in [1.165, 1.54) is 63.4 Å². The fourth-order valence-corrected chi connectivity index (χ4v) is 3.53. The highest BCUT2D eigenvalue weighted by atomic mass is 15.2. The second kappa shape index (κ2) is 6.70. The molecule has 0 aromatic heterocycles. The zero-order valence-electron chi connectivity index (χ0n) is 12.6. The van der Waals surface area contributed by atoms with Gasteiger partial charge < -0.3 is 10.2 Å². The van der Waals surface area contributed by atoms with Gasteiger partial charge in [0, 0.05) is 45.8 Å². The van der Waals surface area contributed by atoms with Crippen molar-refractivity contribution in [2.24, 2.45) is 5.92 Å². The van der Waals surface area contributed by atoms with Crippen molar-refractivity contribution in [1.82, 2.24) is 15.1 Å². The Labute approximate surface area is 123 Å². The molecule has 1 aromatic rings. The van der Waals surface area contributed by atoms with Crippen LogP contribution >= 0.6 is 0 Å². The topological polar surface area (TPSA) is 18.5 Å². The molecule has 0 saturated carbocycles. The smallest absolute Gasteiger partial charge is 0.0233 e. The van der Waals surface area contributed by atoms with Gasteiger partial charge in [0.1, 0.15) is 0 Å². The van der Waals surface area contributed by atoms with E-state index in [0.29, 0.717) is 0 Å². The Morgan fingerprint density at radius 1 is 1.15 bits per heavy atom. The summed E-state index contributed by atoms with van der Waals surface area (Å²) >= 11 is 0. The molecule has 1 aromatic carbocycles. The highest BCUT2D eigenvalue weighted by molar-refractivity contribution is 5.22. The van der Waals surface area contributed by atoms with Gasteiger partial charge in [0.15, 0.2) is 0 Å². The standard InChI is InChI=1S/C17H27N3/c1-15-3-2-4-16(11-15)12-20-8-5-17(14-20)13-19-9-6-18-7-10-19/h2-4,11,17-18H,5-10,12-14H2,1H3. The summed E-state index contributed by atoms with van der Waals surface area (Å²) in [6, 6.07) is 8.94. The molecule has 1 atom stereocenters. The van der Waals surface area contributed by atoms with E-state index in [-0.39, 0.29) is 0 Å². The van der Waals surface area contributed by atoms with Crippen molar-refractivity contribution in [2.75, 3.05) is 45.8 Å². The van der Waals surface area contributed by atoms with Gasteiger partial charge in [-0.25, -0.2) is 0 Å². The van der Waals surface area contributed by atoms with Gasteiger partial charge in [-0.3, -0.25) is 4.90 Å². The Hall–Kier alpha value is -0.900. The SMILES string of the molecule is Cc1cccc(CN2CCC(CN3CCNCC3)C2)c1. The molecule has 3 rings (SSSR count). The molecule has 110 valence electrons. The van der Waals surface area contributed by atoms with Crippen LogP contribution in [0.1, 0.15) is 17.5 Å². The minimum absolute atomic E-state index is 0.873. The van der Waals surface area contributed by atoms with Gasteiger partial charge in [-0.2, -0.15) is 0 Å². The summed E-state index contributed by atoms with van der Waals surface area (Å²) < 4.78 is 0. The number of nitrogens with zero attached hydrogens (tertiary/aromatic N) is 2. The van der Waals surface area contributed by atoms with Gasteiger partial charge in [0.25, 0.3) is 0 Å². The van der Waals surface area contributed by atoms with Crippen molar-refractivity contribution in [1.29, 1.82) is 0 Å². The first kappa shape index (κ1) is 14.1. The third-order valence-electron chi connectivity index (χ3n) is 4.58. The van der Waals surface area contributed by atoms with E-state index in [9.17, 15) is 0 Å². The number of likely N-dealkylation sites (tertiary alicyclic amines) is 1. The monoisotopic (exact) mass is 273 g/mol. The van der Waals surface area contributed by atoms with Gasteiger partial charge in [0.05, 0.1) is 0 Å². The van der Waals surface area contributed by atoms with Gasteiger partial charge in [-0.1, -0.05) is 29.8 Å². The number of rotatable bonds is 4. The Bertz CT molecular complexity index is 426. The van der Waals surface area contributed by atoms with Crippen molar-refractivity contribution < 1.29 is 0 Å². The lowest BCUT2D eigenvalue weighted by atomic mass is 10.1. The zero-order valence-corrected chi connectivity index (χ0v) is 12.6. The number of hydrogen-bond acceptors (Lipinski definition) is 3. The minimum atomic E-state index is 0.873. The molecular formula is C17H27N3. The summed E-state index contributed by atoms with van der Waals surface area (Å²) in [6.07, 6.45) is 1.37. The number of piperazine rings is 1. The third-order valence-corrected chi connectivity index (χ3v) is 4.58. The molecule has 0 amide bonds. The van der Waals surface area contributed by atoms with Crippen LogP contribution < -0.4 is 5.32 Å². The van der Waals surface area contributed by atoms with E-state index in [0.717, 1.165) is 12.5 Å². The van der Waals surface area contributed by atoms with Crippen molar-refractivity contribution in [2.45, 2.75) is 19.9 Å². The van der Waals surface area contributed by atoms with E-state index in [1.807, 2.05) is 0 Å². The molecule has 2 aliphatic rings. The largest absolute Gasteiger partial charge is 0.314 e. The van der Waals surface area contributed by atoms with Crippen molar-refractivity contribution >= 4 is 0 Å². The van der Waals surface area contributed by atoms with Gasteiger partial charge in [-0.05, 0) is 31.4 Å². The van der Waals surface area contributed by atoms with Crippen LogP contribution in [-0.4, -0.2) is 55.6 Å². The first-order valence-corrected chi connectivity index (χ1v) is 8.00. The van der Waals surface area contributed by atoms with Crippen LogP contribution in [0.25, 0.3) is 0 Å². The molecule has 0 bridgehead atoms. The molecule has 2 saturated heterocycles. The molecule has 2 fully saturated rings. The third kappa shape index (κ3) is 3.81. The Kier molecular flexibility index (Phi) is 4.71. The van der Waals surface area contributed by atoms with E-state index in [2.05, 4.69) is 46.3 Å². The predicted molar refractivity (Wildman–Crippen MR) is 83.9 cm³/mol. The van der Waals surface area contributed by atoms with E-state index >= 15 is 0 Å². The summed E-state index contributed by atoms with van der Waals surface area (Å²) in [4.78, 5) is 5.26. The van der Waals surface area contributed by atoms with Crippen LogP contribution in [0.15, 0.2) is 24.3 Å². The normalized spacial score (nSPS) is 25.1. The highest BCUT2D eigenvalue weighted by Gasteiger charge is 2.24. The average Bonchev–Trinajstić information content (AvgIpc) is 2.87. The molecule has 0 radical (unpaired) electrons. The fraction of sp³-hybridized carbons (Fsp3) is 0.647. The molecule has 0 aliphatic carbocycles. The first-order chi connectivity index (χ1) is 9.79. The van der Waals surface area contributed by atoms with Crippen LogP contribution in [0.3, 0.4) is 0 Å². The van der Waals surface area contributed by atoms with Crippen LogP contribution in [0.4, 0.5) is 0 Å². The van der Waals surface area contributed by atoms with Crippen LogP contribution in [-0.2, 0) is 6.54 Å². The minimum Gasteiger partial charge on any atom is -0.314 e. The molecule has 2 heterocycles. The van der Waals surface area contributed by atoms with E-state index in [1.54, 1.807) is 0 Å². The summed E-state index contributed by atoms with van der Waals surface area (Å²) in [5.41, 5.74) is 2.84. The number of aryl methyl sites for hydroxylation is 1.